The fourth-order valence-corrected chi connectivity index (χ4v) is 2.81. The van der Waals surface area contributed by atoms with Crippen LogP contribution in [0.4, 0.5) is 9.18 Å². The summed E-state index contributed by atoms with van der Waals surface area (Å²) in [6.45, 7) is 3.29. The summed E-state index contributed by atoms with van der Waals surface area (Å²) < 4.78 is 13.3. The maximum Gasteiger partial charge on any atom is 0.325 e. The molecule has 1 unspecified atom stereocenters. The Labute approximate surface area is 172 Å². The third-order valence-electron chi connectivity index (χ3n) is 4.51. The third kappa shape index (κ3) is 5.32. The molecule has 2 rings (SSSR count). The first kappa shape index (κ1) is 22.4. The highest BCUT2D eigenvalue weighted by Crippen LogP contribution is 2.20. The van der Waals surface area contributed by atoms with Crippen LogP contribution in [0, 0.1) is 5.82 Å². The molecule has 0 saturated carbocycles. The highest BCUT2D eigenvalue weighted by atomic mass is 35.5. The van der Waals surface area contributed by atoms with Crippen LogP contribution in [0.25, 0.3) is 0 Å². The molecule has 3 N–H and O–H groups in total. The van der Waals surface area contributed by atoms with Crippen molar-refractivity contribution in [2.75, 3.05) is 19.6 Å². The molecule has 0 bridgehead atoms. The van der Waals surface area contributed by atoms with Crippen LogP contribution in [0.3, 0.4) is 0 Å². The molecule has 1 atom stereocenters. The summed E-state index contributed by atoms with van der Waals surface area (Å²) in [5, 5.41) is 7.42. The second-order valence-corrected chi connectivity index (χ2v) is 6.97. The number of urea groups is 1. The lowest BCUT2D eigenvalue weighted by Crippen LogP contribution is -2.44. The molecule has 0 aromatic heterocycles. The Kier molecular flexibility index (Phi) is 7.33. The molecule has 1 aliphatic heterocycles. The van der Waals surface area contributed by atoms with E-state index in [4.69, 9.17) is 11.6 Å². The largest absolute Gasteiger partial charge is 0.351 e. The van der Waals surface area contributed by atoms with Crippen LogP contribution in [0.5, 0.6) is 0 Å². The maximum absolute atomic E-state index is 13.3. The topological polar surface area (TPSA) is 108 Å². The van der Waals surface area contributed by atoms with Crippen LogP contribution in [0.1, 0.15) is 30.6 Å². The lowest BCUT2D eigenvalue weighted by molar-refractivity contribution is -0.134. The van der Waals surface area contributed by atoms with Crippen molar-refractivity contribution >= 4 is 35.4 Å². The quantitative estimate of drug-likeness (QED) is 0.435. The Morgan fingerprint density at radius 3 is 2.52 bits per heavy atom. The summed E-state index contributed by atoms with van der Waals surface area (Å²) in [6, 6.07) is 3.35. The lowest BCUT2D eigenvalue weighted by Gasteiger charge is -2.18. The number of benzene rings is 1. The fourth-order valence-electron chi connectivity index (χ4n) is 2.60. The SMILES string of the molecule is CCC1(C)NC(=O)N(CC(=O)NC/C=C\CNC(=O)c2cccc(F)c2Cl)C1=O. The van der Waals surface area contributed by atoms with Crippen molar-refractivity contribution in [2.24, 2.45) is 0 Å². The van der Waals surface area contributed by atoms with Crippen LogP contribution < -0.4 is 16.0 Å². The molecule has 1 heterocycles. The summed E-state index contributed by atoms with van der Waals surface area (Å²) in [6.07, 6.45) is 3.60. The molecule has 0 spiro atoms. The predicted octanol–water partition coefficient (Wildman–Crippen LogP) is 1.60. The summed E-state index contributed by atoms with van der Waals surface area (Å²) in [7, 11) is 0. The number of imide groups is 1. The third-order valence-corrected chi connectivity index (χ3v) is 4.90. The van der Waals surface area contributed by atoms with Gasteiger partial charge in [0.15, 0.2) is 0 Å². The van der Waals surface area contributed by atoms with Crippen molar-refractivity contribution in [3.8, 4) is 0 Å². The van der Waals surface area contributed by atoms with E-state index in [-0.39, 0.29) is 30.2 Å². The Hall–Kier alpha value is -2.94. The van der Waals surface area contributed by atoms with Crippen molar-refractivity contribution in [2.45, 2.75) is 25.8 Å². The van der Waals surface area contributed by atoms with Gasteiger partial charge in [-0.05, 0) is 25.5 Å². The van der Waals surface area contributed by atoms with Gasteiger partial charge in [-0.15, -0.1) is 0 Å². The van der Waals surface area contributed by atoms with Gasteiger partial charge in [-0.2, -0.15) is 0 Å². The molecule has 1 aromatic carbocycles. The molecule has 1 saturated heterocycles. The van der Waals surface area contributed by atoms with E-state index in [0.29, 0.717) is 6.42 Å². The van der Waals surface area contributed by atoms with Crippen LogP contribution in [0.15, 0.2) is 30.4 Å². The molecular formula is C19H22ClFN4O4. The van der Waals surface area contributed by atoms with E-state index in [1.54, 1.807) is 26.0 Å². The van der Waals surface area contributed by atoms with Crippen LogP contribution in [-0.2, 0) is 9.59 Å². The zero-order chi connectivity index (χ0) is 21.6. The maximum atomic E-state index is 13.3. The zero-order valence-corrected chi connectivity index (χ0v) is 16.8. The first-order chi connectivity index (χ1) is 13.7. The van der Waals surface area contributed by atoms with Gasteiger partial charge in [-0.25, -0.2) is 9.18 Å². The van der Waals surface area contributed by atoms with E-state index in [0.717, 1.165) is 11.0 Å². The number of nitrogens with one attached hydrogen (secondary N) is 3. The summed E-state index contributed by atoms with van der Waals surface area (Å²) in [5.41, 5.74) is -0.957. The Morgan fingerprint density at radius 2 is 1.90 bits per heavy atom. The first-order valence-electron chi connectivity index (χ1n) is 8.97. The average molecular weight is 425 g/mol. The van der Waals surface area contributed by atoms with Gasteiger partial charge in [-0.3, -0.25) is 19.3 Å². The lowest BCUT2D eigenvalue weighted by atomic mass is 9.99. The van der Waals surface area contributed by atoms with Crippen LogP contribution in [0.2, 0.25) is 5.02 Å². The standard InChI is InChI=1S/C19H22ClFN4O4/c1-3-19(2)17(28)25(18(29)24-19)11-14(26)22-9-4-5-10-23-16(27)12-7-6-8-13(21)15(12)20/h4-8H,3,9-11H2,1-2H3,(H,22,26)(H,23,27)(H,24,29)/b5-4-. The first-order valence-corrected chi connectivity index (χ1v) is 9.35. The van der Waals surface area contributed by atoms with E-state index >= 15 is 0 Å². The van der Waals surface area contributed by atoms with Crippen molar-refractivity contribution in [1.82, 2.24) is 20.9 Å². The summed E-state index contributed by atoms with van der Waals surface area (Å²) in [5.74, 6) is -2.13. The molecule has 1 fully saturated rings. The zero-order valence-electron chi connectivity index (χ0n) is 16.1. The van der Waals surface area contributed by atoms with E-state index in [1.807, 2.05) is 0 Å². The van der Waals surface area contributed by atoms with Crippen molar-refractivity contribution in [3.05, 3.63) is 46.8 Å². The average Bonchev–Trinajstić information content (AvgIpc) is 2.90. The fraction of sp³-hybridized carbons (Fsp3) is 0.368. The van der Waals surface area contributed by atoms with Gasteiger partial charge in [0, 0.05) is 13.1 Å². The molecule has 156 valence electrons. The smallest absolute Gasteiger partial charge is 0.325 e. The van der Waals surface area contributed by atoms with Gasteiger partial charge in [0.1, 0.15) is 17.9 Å². The number of hydrogen-bond acceptors (Lipinski definition) is 4. The Balaban J connectivity index is 1.73. The number of nitrogens with zero attached hydrogens (tertiary/aromatic N) is 1. The van der Waals surface area contributed by atoms with Crippen molar-refractivity contribution in [1.29, 1.82) is 0 Å². The van der Waals surface area contributed by atoms with Gasteiger partial charge >= 0.3 is 6.03 Å². The second-order valence-electron chi connectivity index (χ2n) is 6.59. The highest BCUT2D eigenvalue weighted by molar-refractivity contribution is 6.34. The van der Waals surface area contributed by atoms with E-state index in [1.165, 1.54) is 12.1 Å². The molecular weight excluding hydrogens is 403 g/mol. The van der Waals surface area contributed by atoms with Crippen molar-refractivity contribution in [3.63, 3.8) is 0 Å². The predicted molar refractivity (Wildman–Crippen MR) is 105 cm³/mol. The number of rotatable bonds is 8. The monoisotopic (exact) mass is 424 g/mol. The number of carbonyl (C=O) groups is 4. The van der Waals surface area contributed by atoms with E-state index in [2.05, 4.69) is 16.0 Å². The number of amides is 5. The van der Waals surface area contributed by atoms with E-state index < -0.39 is 35.1 Å². The number of halogens is 2. The molecule has 10 heteroatoms. The van der Waals surface area contributed by atoms with Gasteiger partial charge in [-0.1, -0.05) is 36.7 Å². The molecule has 1 aliphatic rings. The van der Waals surface area contributed by atoms with Crippen LogP contribution in [-0.4, -0.2) is 53.8 Å². The minimum atomic E-state index is -0.986. The number of carbonyl (C=O) groups excluding carboxylic acids is 4. The normalized spacial score (nSPS) is 18.8. The Bertz CT molecular complexity index is 861. The molecule has 0 aliphatic carbocycles. The Morgan fingerprint density at radius 1 is 1.24 bits per heavy atom. The molecule has 5 amide bonds. The minimum absolute atomic E-state index is 0.0287. The van der Waals surface area contributed by atoms with Crippen molar-refractivity contribution < 1.29 is 23.6 Å². The number of hydrogen-bond donors (Lipinski definition) is 3. The molecule has 8 nitrogen and oxygen atoms in total. The molecule has 1 aromatic rings. The van der Waals surface area contributed by atoms with Gasteiger partial charge in [0.25, 0.3) is 11.8 Å². The van der Waals surface area contributed by atoms with Gasteiger partial charge in [0.05, 0.1) is 10.6 Å². The highest BCUT2D eigenvalue weighted by Gasteiger charge is 2.46. The van der Waals surface area contributed by atoms with E-state index in [9.17, 15) is 23.6 Å². The van der Waals surface area contributed by atoms with Gasteiger partial charge < -0.3 is 16.0 Å². The summed E-state index contributed by atoms with van der Waals surface area (Å²) >= 11 is 5.74. The second kappa shape index (κ2) is 9.51. The summed E-state index contributed by atoms with van der Waals surface area (Å²) in [4.78, 5) is 48.9. The van der Waals surface area contributed by atoms with Crippen LogP contribution >= 0.6 is 11.6 Å². The minimum Gasteiger partial charge on any atom is -0.351 e. The van der Waals surface area contributed by atoms with Gasteiger partial charge in [0.2, 0.25) is 5.91 Å². The molecule has 0 radical (unpaired) electrons. The molecule has 29 heavy (non-hydrogen) atoms.